The van der Waals surface area contributed by atoms with Gasteiger partial charge in [-0.3, -0.25) is 4.79 Å². The maximum atomic E-state index is 13.3. The number of benzene rings is 3. The SMILES string of the molecule is CN(C)C(=O)Cc1cccc(OC(COc2cccc(C(O)(C(F)(F)F)C(F)(F)F)c2)c2ccccc2)c1. The molecule has 0 saturated heterocycles. The van der Waals surface area contributed by atoms with E-state index in [1.807, 2.05) is 0 Å². The molecule has 3 aromatic carbocycles. The Morgan fingerprint density at radius 3 is 2.05 bits per heavy atom. The largest absolute Gasteiger partial charge is 0.489 e. The van der Waals surface area contributed by atoms with E-state index in [0.717, 1.165) is 6.07 Å². The molecule has 0 saturated carbocycles. The number of hydrogen-bond acceptors (Lipinski definition) is 4. The van der Waals surface area contributed by atoms with Crippen LogP contribution in [0.3, 0.4) is 0 Å². The number of halogens is 6. The minimum atomic E-state index is -6.02. The van der Waals surface area contributed by atoms with Crippen LogP contribution in [0.4, 0.5) is 26.3 Å². The highest BCUT2D eigenvalue weighted by Gasteiger charge is 2.71. The molecule has 5 nitrogen and oxygen atoms in total. The third-order valence-electron chi connectivity index (χ3n) is 5.68. The van der Waals surface area contributed by atoms with E-state index in [1.54, 1.807) is 68.7 Å². The molecule has 0 aliphatic carbocycles. The van der Waals surface area contributed by atoms with Crippen molar-refractivity contribution in [3.8, 4) is 11.5 Å². The Balaban J connectivity index is 1.85. The van der Waals surface area contributed by atoms with Crippen LogP contribution >= 0.6 is 0 Å². The molecule has 0 aliphatic rings. The number of nitrogens with zero attached hydrogens (tertiary/aromatic N) is 1. The fraction of sp³-hybridized carbons (Fsp3) is 0.296. The van der Waals surface area contributed by atoms with Crippen molar-refractivity contribution in [2.45, 2.75) is 30.5 Å². The summed E-state index contributed by atoms with van der Waals surface area (Å²) in [7, 11) is 3.26. The third kappa shape index (κ3) is 6.58. The minimum absolute atomic E-state index is 0.123. The molecular formula is C27H25F6NO4. The summed E-state index contributed by atoms with van der Waals surface area (Å²) in [6, 6.07) is 18.5. The van der Waals surface area contributed by atoms with Crippen molar-refractivity contribution in [3.63, 3.8) is 0 Å². The van der Waals surface area contributed by atoms with Crippen molar-refractivity contribution in [1.29, 1.82) is 0 Å². The standard InChI is InChI=1S/C27H25F6NO4/c1-34(2)24(35)15-18-8-6-13-22(14-18)38-23(19-9-4-3-5-10-19)17-37-21-12-7-11-20(16-21)25(36,26(28,29)30)27(31,32)33/h3-14,16,23,36H,15,17H2,1-2H3. The highest BCUT2D eigenvalue weighted by atomic mass is 19.4. The molecule has 1 amide bonds. The fourth-order valence-corrected chi connectivity index (χ4v) is 3.56. The molecule has 0 aromatic heterocycles. The lowest BCUT2D eigenvalue weighted by atomic mass is 9.92. The lowest BCUT2D eigenvalue weighted by Crippen LogP contribution is -2.53. The summed E-state index contributed by atoms with van der Waals surface area (Å²) < 4.78 is 91.4. The summed E-state index contributed by atoms with van der Waals surface area (Å²) in [5.74, 6) is -0.0734. The lowest BCUT2D eigenvalue weighted by Gasteiger charge is -2.32. The maximum absolute atomic E-state index is 13.3. The number of amides is 1. The summed E-state index contributed by atoms with van der Waals surface area (Å²) in [6.07, 6.45) is -12.7. The summed E-state index contributed by atoms with van der Waals surface area (Å²) in [4.78, 5) is 13.5. The van der Waals surface area contributed by atoms with E-state index in [4.69, 9.17) is 9.47 Å². The highest BCUT2D eigenvalue weighted by molar-refractivity contribution is 5.78. The Morgan fingerprint density at radius 2 is 1.45 bits per heavy atom. The summed E-state index contributed by atoms with van der Waals surface area (Å²) in [6.45, 7) is -0.287. The zero-order valence-electron chi connectivity index (χ0n) is 20.4. The number of ether oxygens (including phenoxy) is 2. The van der Waals surface area contributed by atoms with Gasteiger partial charge in [-0.1, -0.05) is 54.6 Å². The third-order valence-corrected chi connectivity index (χ3v) is 5.68. The summed E-state index contributed by atoms with van der Waals surface area (Å²) in [5.41, 5.74) is -5.19. The molecule has 1 unspecified atom stereocenters. The number of aliphatic hydroxyl groups is 1. The van der Waals surface area contributed by atoms with Gasteiger partial charge >= 0.3 is 12.4 Å². The van der Waals surface area contributed by atoms with Crippen LogP contribution in [0.2, 0.25) is 0 Å². The maximum Gasteiger partial charge on any atom is 0.430 e. The zero-order chi connectivity index (χ0) is 28.1. The van der Waals surface area contributed by atoms with Gasteiger partial charge in [-0.05, 0) is 35.4 Å². The van der Waals surface area contributed by atoms with E-state index in [9.17, 15) is 36.2 Å². The number of carbonyl (C=O) groups is 1. The second-order valence-electron chi connectivity index (χ2n) is 8.67. The monoisotopic (exact) mass is 541 g/mol. The van der Waals surface area contributed by atoms with E-state index in [0.29, 0.717) is 29.0 Å². The van der Waals surface area contributed by atoms with Crippen molar-refractivity contribution < 1.29 is 45.7 Å². The molecule has 0 radical (unpaired) electrons. The van der Waals surface area contributed by atoms with Gasteiger partial charge in [0.05, 0.1) is 6.42 Å². The van der Waals surface area contributed by atoms with Gasteiger partial charge in [-0.2, -0.15) is 26.3 Å². The fourth-order valence-electron chi connectivity index (χ4n) is 3.56. The molecule has 0 spiro atoms. The Bertz CT molecular complexity index is 1210. The summed E-state index contributed by atoms with van der Waals surface area (Å²) >= 11 is 0. The van der Waals surface area contributed by atoms with Gasteiger partial charge < -0.3 is 19.5 Å². The summed E-state index contributed by atoms with van der Waals surface area (Å²) in [5, 5.41) is 9.70. The number of carbonyl (C=O) groups excluding carboxylic acids is 1. The van der Waals surface area contributed by atoms with E-state index in [1.165, 1.54) is 11.0 Å². The van der Waals surface area contributed by atoms with Crippen molar-refractivity contribution in [1.82, 2.24) is 4.90 Å². The Morgan fingerprint density at radius 1 is 0.842 bits per heavy atom. The van der Waals surface area contributed by atoms with Crippen LogP contribution in [0.5, 0.6) is 11.5 Å². The van der Waals surface area contributed by atoms with Gasteiger partial charge in [-0.15, -0.1) is 0 Å². The first-order chi connectivity index (χ1) is 17.7. The highest BCUT2D eigenvalue weighted by Crippen LogP contribution is 2.50. The molecule has 3 rings (SSSR count). The predicted octanol–water partition coefficient (Wildman–Crippen LogP) is 5.83. The lowest BCUT2D eigenvalue weighted by molar-refractivity contribution is -0.376. The van der Waals surface area contributed by atoms with Gasteiger partial charge in [0.25, 0.3) is 5.60 Å². The minimum Gasteiger partial charge on any atom is -0.489 e. The van der Waals surface area contributed by atoms with Crippen molar-refractivity contribution in [2.24, 2.45) is 0 Å². The molecule has 38 heavy (non-hydrogen) atoms. The number of rotatable bonds is 9. The van der Waals surface area contributed by atoms with Crippen LogP contribution in [0.25, 0.3) is 0 Å². The predicted molar refractivity (Wildman–Crippen MR) is 127 cm³/mol. The molecule has 1 N–H and O–H groups in total. The Kier molecular flexibility index (Phi) is 8.61. The first-order valence-electron chi connectivity index (χ1n) is 11.3. The van der Waals surface area contributed by atoms with E-state index >= 15 is 0 Å². The van der Waals surface area contributed by atoms with Crippen molar-refractivity contribution in [3.05, 3.63) is 95.6 Å². The topological polar surface area (TPSA) is 59.0 Å². The van der Waals surface area contributed by atoms with Gasteiger partial charge in [0.1, 0.15) is 18.1 Å². The van der Waals surface area contributed by atoms with Crippen molar-refractivity contribution >= 4 is 5.91 Å². The molecule has 1 atom stereocenters. The first-order valence-corrected chi connectivity index (χ1v) is 11.3. The van der Waals surface area contributed by atoms with Crippen LogP contribution in [-0.2, 0) is 16.8 Å². The van der Waals surface area contributed by atoms with Crippen LogP contribution < -0.4 is 9.47 Å². The molecule has 0 bridgehead atoms. The van der Waals surface area contributed by atoms with Crippen LogP contribution in [0.1, 0.15) is 22.8 Å². The van der Waals surface area contributed by atoms with Gasteiger partial charge in [0, 0.05) is 19.7 Å². The van der Waals surface area contributed by atoms with Gasteiger partial charge in [0.2, 0.25) is 5.91 Å². The number of likely N-dealkylation sites (N-methyl/N-ethyl adjacent to an activating group) is 1. The smallest absolute Gasteiger partial charge is 0.430 e. The quantitative estimate of drug-likeness (QED) is 0.347. The second-order valence-corrected chi connectivity index (χ2v) is 8.67. The average Bonchev–Trinajstić information content (AvgIpc) is 2.85. The Labute approximate surface area is 215 Å². The number of hydrogen-bond donors (Lipinski definition) is 1. The average molecular weight is 541 g/mol. The zero-order valence-corrected chi connectivity index (χ0v) is 20.4. The van der Waals surface area contributed by atoms with E-state index in [2.05, 4.69) is 0 Å². The normalized spacial score (nSPS) is 13.1. The molecule has 0 heterocycles. The van der Waals surface area contributed by atoms with E-state index < -0.39 is 29.6 Å². The molecule has 204 valence electrons. The van der Waals surface area contributed by atoms with Crippen molar-refractivity contribution in [2.75, 3.05) is 20.7 Å². The molecule has 0 fully saturated rings. The molecule has 0 aliphatic heterocycles. The van der Waals surface area contributed by atoms with Gasteiger partial charge in [-0.25, -0.2) is 0 Å². The van der Waals surface area contributed by atoms with Gasteiger partial charge in [0.15, 0.2) is 6.10 Å². The molecular weight excluding hydrogens is 516 g/mol. The van der Waals surface area contributed by atoms with E-state index in [-0.39, 0.29) is 24.7 Å². The Hall–Kier alpha value is -3.73. The first kappa shape index (κ1) is 28.8. The van der Waals surface area contributed by atoms with Crippen LogP contribution in [0, 0.1) is 0 Å². The second kappa shape index (κ2) is 11.3. The number of alkyl halides is 6. The molecule has 3 aromatic rings. The van der Waals surface area contributed by atoms with Crippen LogP contribution in [-0.4, -0.2) is 49.0 Å². The molecule has 11 heteroatoms. The van der Waals surface area contributed by atoms with Crippen LogP contribution in [0.15, 0.2) is 78.9 Å².